The number of hydrogen-bond donors (Lipinski definition) is 0. The highest BCUT2D eigenvalue weighted by Gasteiger charge is 2.20. The summed E-state index contributed by atoms with van der Waals surface area (Å²) < 4.78 is 9.97. The molecule has 0 aliphatic heterocycles. The Morgan fingerprint density at radius 3 is 2.61 bits per heavy atom. The molecule has 0 fully saturated rings. The van der Waals surface area contributed by atoms with Gasteiger partial charge < -0.3 is 9.15 Å². The number of esters is 1. The predicted molar refractivity (Wildman–Crippen MR) is 67.8 cm³/mol. The second-order valence-electron chi connectivity index (χ2n) is 3.43. The highest BCUT2D eigenvalue weighted by Crippen LogP contribution is 2.24. The quantitative estimate of drug-likeness (QED) is 0.640. The van der Waals surface area contributed by atoms with Gasteiger partial charge in [0.2, 0.25) is 11.7 Å². The van der Waals surface area contributed by atoms with Gasteiger partial charge in [-0.3, -0.25) is 0 Å². The maximum Gasteiger partial charge on any atom is 0.376 e. The van der Waals surface area contributed by atoms with Crippen molar-refractivity contribution in [2.75, 3.05) is 7.11 Å². The van der Waals surface area contributed by atoms with Crippen LogP contribution in [0.25, 0.3) is 11.5 Å². The van der Waals surface area contributed by atoms with Crippen LogP contribution < -0.4 is 0 Å². The van der Waals surface area contributed by atoms with Crippen LogP contribution in [0.4, 0.5) is 0 Å². The van der Waals surface area contributed by atoms with Gasteiger partial charge in [-0.05, 0) is 24.3 Å². The van der Waals surface area contributed by atoms with E-state index < -0.39 is 5.97 Å². The van der Waals surface area contributed by atoms with Crippen LogP contribution in [0.5, 0.6) is 0 Å². The summed E-state index contributed by atoms with van der Waals surface area (Å²) in [5.74, 6) is -0.194. The van der Waals surface area contributed by atoms with Crippen molar-refractivity contribution in [3.05, 3.63) is 40.7 Å². The zero-order chi connectivity index (χ0) is 13.1. The van der Waals surface area contributed by atoms with E-state index in [1.165, 1.54) is 7.11 Å². The number of aromatic nitrogens is 1. The number of benzene rings is 1. The van der Waals surface area contributed by atoms with E-state index >= 15 is 0 Å². The summed E-state index contributed by atoms with van der Waals surface area (Å²) in [7, 11) is 1.27. The van der Waals surface area contributed by atoms with Crippen molar-refractivity contribution in [2.24, 2.45) is 0 Å². The largest absolute Gasteiger partial charge is 0.463 e. The Morgan fingerprint density at radius 1 is 1.39 bits per heavy atom. The number of oxazole rings is 1. The molecule has 2 rings (SSSR count). The fraction of sp³-hybridized carbons (Fsp3) is 0.167. The molecule has 1 aromatic carbocycles. The van der Waals surface area contributed by atoms with Crippen LogP contribution >= 0.6 is 23.2 Å². The number of alkyl halides is 1. The van der Waals surface area contributed by atoms with Crippen LogP contribution in [-0.2, 0) is 10.6 Å². The summed E-state index contributed by atoms with van der Waals surface area (Å²) in [5, 5.41) is 0.607. The van der Waals surface area contributed by atoms with Gasteiger partial charge in [0.25, 0.3) is 0 Å². The number of nitrogens with zero attached hydrogens (tertiary/aromatic N) is 1. The van der Waals surface area contributed by atoms with E-state index in [0.717, 1.165) is 0 Å². The second kappa shape index (κ2) is 5.42. The van der Waals surface area contributed by atoms with Gasteiger partial charge in [-0.2, -0.15) is 0 Å². The van der Waals surface area contributed by atoms with E-state index in [4.69, 9.17) is 27.6 Å². The summed E-state index contributed by atoms with van der Waals surface area (Å²) in [6.07, 6.45) is 0. The lowest BCUT2D eigenvalue weighted by molar-refractivity contribution is 0.0565. The van der Waals surface area contributed by atoms with Crippen molar-refractivity contribution in [1.29, 1.82) is 0 Å². The molecule has 0 spiro atoms. The summed E-state index contributed by atoms with van der Waals surface area (Å²) in [6, 6.07) is 6.90. The van der Waals surface area contributed by atoms with E-state index in [1.54, 1.807) is 24.3 Å². The number of rotatable bonds is 3. The molecule has 0 aliphatic carbocycles. The van der Waals surface area contributed by atoms with Gasteiger partial charge in [-0.1, -0.05) is 11.6 Å². The molecular formula is C12H9Cl2NO3. The Labute approximate surface area is 113 Å². The maximum absolute atomic E-state index is 11.5. The first kappa shape index (κ1) is 12.9. The number of carbonyl (C=O) groups excluding carboxylic acids is 1. The smallest absolute Gasteiger partial charge is 0.376 e. The Balaban J connectivity index is 2.43. The third kappa shape index (κ3) is 2.49. The molecule has 6 heteroatoms. The molecule has 1 heterocycles. The van der Waals surface area contributed by atoms with Crippen molar-refractivity contribution in [3.8, 4) is 11.5 Å². The standard InChI is InChI=1S/C12H9Cl2NO3/c1-17-12(16)10-9(6-13)15-11(18-10)7-2-4-8(14)5-3-7/h2-5H,6H2,1H3. The lowest BCUT2D eigenvalue weighted by atomic mass is 10.2. The molecule has 0 saturated heterocycles. The van der Waals surface area contributed by atoms with Crippen LogP contribution in [0.1, 0.15) is 16.2 Å². The number of carbonyl (C=O) groups is 1. The Kier molecular flexibility index (Phi) is 3.89. The minimum atomic E-state index is -0.599. The van der Waals surface area contributed by atoms with Crippen molar-refractivity contribution in [3.63, 3.8) is 0 Å². The Bertz CT molecular complexity index is 563. The SMILES string of the molecule is COC(=O)c1oc(-c2ccc(Cl)cc2)nc1CCl. The molecule has 0 aliphatic rings. The molecule has 4 nitrogen and oxygen atoms in total. The van der Waals surface area contributed by atoms with Crippen LogP contribution in [0.3, 0.4) is 0 Å². The average molecular weight is 286 g/mol. The molecule has 18 heavy (non-hydrogen) atoms. The highest BCUT2D eigenvalue weighted by molar-refractivity contribution is 6.30. The number of ether oxygens (including phenoxy) is 1. The van der Waals surface area contributed by atoms with Crippen molar-refractivity contribution in [2.45, 2.75) is 5.88 Å². The first-order chi connectivity index (χ1) is 8.65. The minimum absolute atomic E-state index is 0.0254. The number of methoxy groups -OCH3 is 1. The molecule has 0 N–H and O–H groups in total. The fourth-order valence-electron chi connectivity index (χ4n) is 1.41. The molecule has 0 unspecified atom stereocenters. The van der Waals surface area contributed by atoms with Gasteiger partial charge in [-0.25, -0.2) is 9.78 Å². The maximum atomic E-state index is 11.5. The van der Waals surface area contributed by atoms with Crippen molar-refractivity contribution >= 4 is 29.2 Å². The molecular weight excluding hydrogens is 277 g/mol. The molecule has 1 aromatic heterocycles. The van der Waals surface area contributed by atoms with E-state index in [2.05, 4.69) is 9.72 Å². The van der Waals surface area contributed by atoms with E-state index in [9.17, 15) is 4.79 Å². The topological polar surface area (TPSA) is 52.3 Å². The zero-order valence-electron chi connectivity index (χ0n) is 9.44. The first-order valence-electron chi connectivity index (χ1n) is 5.05. The van der Waals surface area contributed by atoms with Crippen LogP contribution in [-0.4, -0.2) is 18.1 Å². The molecule has 94 valence electrons. The number of halogens is 2. The predicted octanol–water partition coefficient (Wildman–Crippen LogP) is 3.52. The van der Waals surface area contributed by atoms with Gasteiger partial charge in [0, 0.05) is 10.6 Å². The summed E-state index contributed by atoms with van der Waals surface area (Å²) in [4.78, 5) is 15.6. The fourth-order valence-corrected chi connectivity index (χ4v) is 1.72. The molecule has 0 radical (unpaired) electrons. The monoisotopic (exact) mass is 285 g/mol. The molecule has 0 saturated carbocycles. The van der Waals surface area contributed by atoms with Crippen molar-refractivity contribution in [1.82, 2.24) is 4.98 Å². The number of hydrogen-bond acceptors (Lipinski definition) is 4. The van der Waals surface area contributed by atoms with E-state index in [-0.39, 0.29) is 11.6 Å². The normalized spacial score (nSPS) is 10.4. The lowest BCUT2D eigenvalue weighted by Crippen LogP contribution is -2.02. The van der Waals surface area contributed by atoms with Gasteiger partial charge in [0.05, 0.1) is 13.0 Å². The summed E-state index contributed by atoms with van der Waals surface area (Å²) in [5.41, 5.74) is 1.06. The average Bonchev–Trinajstić information content (AvgIpc) is 2.82. The van der Waals surface area contributed by atoms with Crippen LogP contribution in [0.15, 0.2) is 28.7 Å². The molecule has 0 bridgehead atoms. The third-order valence-electron chi connectivity index (χ3n) is 2.29. The molecule has 2 aromatic rings. The van der Waals surface area contributed by atoms with Crippen LogP contribution in [0.2, 0.25) is 5.02 Å². The third-order valence-corrected chi connectivity index (χ3v) is 2.79. The van der Waals surface area contributed by atoms with E-state index in [1.807, 2.05) is 0 Å². The summed E-state index contributed by atoms with van der Waals surface area (Å²) >= 11 is 11.5. The van der Waals surface area contributed by atoms with E-state index in [0.29, 0.717) is 22.2 Å². The highest BCUT2D eigenvalue weighted by atomic mass is 35.5. The molecule has 0 amide bonds. The van der Waals surface area contributed by atoms with Crippen LogP contribution in [0, 0.1) is 0 Å². The molecule has 0 atom stereocenters. The summed E-state index contributed by atoms with van der Waals surface area (Å²) in [6.45, 7) is 0. The van der Waals surface area contributed by atoms with Crippen molar-refractivity contribution < 1.29 is 13.9 Å². The van der Waals surface area contributed by atoms with Gasteiger partial charge in [0.1, 0.15) is 5.69 Å². The minimum Gasteiger partial charge on any atom is -0.463 e. The van der Waals surface area contributed by atoms with Gasteiger partial charge >= 0.3 is 5.97 Å². The van der Waals surface area contributed by atoms with Gasteiger partial charge in [-0.15, -0.1) is 11.6 Å². The second-order valence-corrected chi connectivity index (χ2v) is 4.13. The lowest BCUT2D eigenvalue weighted by Gasteiger charge is -1.95. The first-order valence-corrected chi connectivity index (χ1v) is 5.97. The zero-order valence-corrected chi connectivity index (χ0v) is 11.0. The van der Waals surface area contributed by atoms with Gasteiger partial charge in [0.15, 0.2) is 0 Å². The Morgan fingerprint density at radius 2 is 2.06 bits per heavy atom. The Hall–Kier alpha value is -1.52.